The van der Waals surface area contributed by atoms with Gasteiger partial charge in [0.1, 0.15) is 11.6 Å². The number of carbonyl (C=O) groups excluding carboxylic acids is 1. The average molecular weight is 301 g/mol. The Morgan fingerprint density at radius 2 is 1.81 bits per heavy atom. The van der Waals surface area contributed by atoms with E-state index < -0.39 is 11.8 Å². The van der Waals surface area contributed by atoms with Crippen molar-refractivity contribution < 1.29 is 13.9 Å². The van der Waals surface area contributed by atoms with Gasteiger partial charge in [-0.05, 0) is 24.3 Å². The summed E-state index contributed by atoms with van der Waals surface area (Å²) in [4.78, 5) is 11.9. The fourth-order valence-corrected chi connectivity index (χ4v) is 2.26. The lowest BCUT2D eigenvalue weighted by atomic mass is 10.1. The lowest BCUT2D eigenvalue weighted by Gasteiger charge is -2.01. The number of ether oxygens (including phenoxy) is 1. The van der Waals surface area contributed by atoms with E-state index in [9.17, 15) is 9.18 Å². The first kappa shape index (κ1) is 13.6. The molecular formula is C17H10ClFO2. The Morgan fingerprint density at radius 1 is 1.05 bits per heavy atom. The highest BCUT2D eigenvalue weighted by atomic mass is 35.5. The Labute approximate surface area is 126 Å². The number of esters is 1. The summed E-state index contributed by atoms with van der Waals surface area (Å²) in [6, 6.07) is 13.6. The molecule has 0 amide bonds. The molecule has 0 N–H and O–H groups in total. The van der Waals surface area contributed by atoms with Crippen LogP contribution >= 0.6 is 11.6 Å². The second kappa shape index (κ2) is 5.54. The van der Waals surface area contributed by atoms with Crippen LogP contribution in [0, 0.1) is 5.82 Å². The van der Waals surface area contributed by atoms with Crippen molar-refractivity contribution in [3.63, 3.8) is 0 Å². The molecule has 0 radical (unpaired) electrons. The quantitative estimate of drug-likeness (QED) is 0.604. The standard InChI is InChI=1S/C17H10ClFO2/c18-14-7-4-8-15(19)13(14)9-12-10-16(21-17(12)20)11-5-2-1-3-6-11/h1-10H. The van der Waals surface area contributed by atoms with Gasteiger partial charge in [0.15, 0.2) is 0 Å². The Morgan fingerprint density at radius 3 is 2.52 bits per heavy atom. The van der Waals surface area contributed by atoms with E-state index in [-0.39, 0.29) is 16.2 Å². The van der Waals surface area contributed by atoms with Crippen molar-refractivity contribution in [1.29, 1.82) is 0 Å². The van der Waals surface area contributed by atoms with Crippen LogP contribution < -0.4 is 0 Å². The van der Waals surface area contributed by atoms with Crippen LogP contribution in [0.3, 0.4) is 0 Å². The predicted octanol–water partition coefficient (Wildman–Crippen LogP) is 4.46. The molecule has 2 nitrogen and oxygen atoms in total. The highest BCUT2D eigenvalue weighted by molar-refractivity contribution is 6.32. The zero-order valence-corrected chi connectivity index (χ0v) is 11.6. The molecule has 3 rings (SSSR count). The van der Waals surface area contributed by atoms with Crippen molar-refractivity contribution in [1.82, 2.24) is 0 Å². The van der Waals surface area contributed by atoms with E-state index in [0.29, 0.717) is 5.76 Å². The van der Waals surface area contributed by atoms with Crippen LogP contribution in [0.4, 0.5) is 4.39 Å². The minimum atomic E-state index is -0.520. The molecule has 2 aromatic carbocycles. The second-order valence-electron chi connectivity index (χ2n) is 4.50. The van der Waals surface area contributed by atoms with E-state index in [1.54, 1.807) is 12.1 Å². The molecule has 0 saturated heterocycles. The zero-order valence-electron chi connectivity index (χ0n) is 10.8. The topological polar surface area (TPSA) is 26.3 Å². The molecule has 4 heteroatoms. The van der Waals surface area contributed by atoms with Gasteiger partial charge in [-0.15, -0.1) is 0 Å². The number of hydrogen-bond acceptors (Lipinski definition) is 2. The number of halogens is 2. The smallest absolute Gasteiger partial charge is 0.343 e. The van der Waals surface area contributed by atoms with Crippen LogP contribution in [0.25, 0.3) is 11.8 Å². The maximum absolute atomic E-state index is 13.7. The van der Waals surface area contributed by atoms with Gasteiger partial charge in [0, 0.05) is 11.1 Å². The summed E-state index contributed by atoms with van der Waals surface area (Å²) in [5.74, 6) is -0.558. The van der Waals surface area contributed by atoms with E-state index in [0.717, 1.165) is 5.56 Å². The molecule has 0 spiro atoms. The molecule has 2 aromatic rings. The van der Waals surface area contributed by atoms with Crippen molar-refractivity contribution in [2.24, 2.45) is 0 Å². The van der Waals surface area contributed by atoms with Gasteiger partial charge in [0.05, 0.1) is 10.6 Å². The first-order valence-electron chi connectivity index (χ1n) is 6.30. The monoisotopic (exact) mass is 300 g/mol. The predicted molar refractivity (Wildman–Crippen MR) is 79.9 cm³/mol. The Bertz CT molecular complexity index is 743. The van der Waals surface area contributed by atoms with Crippen LogP contribution in [-0.2, 0) is 9.53 Å². The van der Waals surface area contributed by atoms with Crippen molar-refractivity contribution in [3.8, 4) is 0 Å². The normalized spacial score (nSPS) is 16.0. The maximum Gasteiger partial charge on any atom is 0.343 e. The lowest BCUT2D eigenvalue weighted by molar-refractivity contribution is -0.130. The van der Waals surface area contributed by atoms with Gasteiger partial charge in [0.25, 0.3) is 0 Å². The minimum absolute atomic E-state index is 0.177. The van der Waals surface area contributed by atoms with E-state index in [1.807, 2.05) is 30.3 Å². The van der Waals surface area contributed by atoms with Gasteiger partial charge < -0.3 is 4.74 Å². The summed E-state index contributed by atoms with van der Waals surface area (Å²) in [5.41, 5.74) is 1.23. The molecule has 0 bridgehead atoms. The van der Waals surface area contributed by atoms with Crippen molar-refractivity contribution >= 4 is 29.4 Å². The molecule has 0 aromatic heterocycles. The third-order valence-electron chi connectivity index (χ3n) is 3.08. The molecule has 1 aliphatic rings. The molecule has 1 aliphatic heterocycles. The van der Waals surface area contributed by atoms with Gasteiger partial charge in [0.2, 0.25) is 0 Å². The fraction of sp³-hybridized carbons (Fsp3) is 0. The summed E-state index contributed by atoms with van der Waals surface area (Å²) < 4.78 is 18.9. The van der Waals surface area contributed by atoms with Crippen LogP contribution in [0.5, 0.6) is 0 Å². The molecule has 1 heterocycles. The van der Waals surface area contributed by atoms with Gasteiger partial charge in [-0.1, -0.05) is 48.0 Å². The summed E-state index contributed by atoms with van der Waals surface area (Å²) in [6.45, 7) is 0. The van der Waals surface area contributed by atoms with Crippen LogP contribution in [0.15, 0.2) is 60.2 Å². The highest BCUT2D eigenvalue weighted by Gasteiger charge is 2.22. The minimum Gasteiger partial charge on any atom is -0.422 e. The van der Waals surface area contributed by atoms with Crippen LogP contribution in [0.1, 0.15) is 11.1 Å². The molecule has 0 unspecified atom stereocenters. The van der Waals surface area contributed by atoms with Crippen LogP contribution in [-0.4, -0.2) is 5.97 Å². The highest BCUT2D eigenvalue weighted by Crippen LogP contribution is 2.29. The molecule has 0 atom stereocenters. The van der Waals surface area contributed by atoms with Gasteiger partial charge in [-0.2, -0.15) is 0 Å². The molecule has 0 saturated carbocycles. The number of benzene rings is 2. The SMILES string of the molecule is O=C1OC(c2ccccc2)=CC1=Cc1c(F)cccc1Cl. The number of carbonyl (C=O) groups is 1. The van der Waals surface area contributed by atoms with Gasteiger partial charge in [-0.25, -0.2) is 9.18 Å². The van der Waals surface area contributed by atoms with Crippen molar-refractivity contribution in [2.45, 2.75) is 0 Å². The van der Waals surface area contributed by atoms with Crippen LogP contribution in [0.2, 0.25) is 5.02 Å². The first-order chi connectivity index (χ1) is 10.1. The lowest BCUT2D eigenvalue weighted by Crippen LogP contribution is -1.97. The van der Waals surface area contributed by atoms with Gasteiger partial charge in [-0.3, -0.25) is 0 Å². The summed E-state index contributed by atoms with van der Waals surface area (Å²) >= 11 is 5.95. The Kier molecular flexibility index (Phi) is 3.59. The molecule has 0 fully saturated rings. The third-order valence-corrected chi connectivity index (χ3v) is 3.41. The number of rotatable bonds is 2. The number of hydrogen-bond donors (Lipinski definition) is 0. The summed E-state index contributed by atoms with van der Waals surface area (Å²) in [6.07, 6.45) is 2.98. The van der Waals surface area contributed by atoms with Gasteiger partial charge >= 0.3 is 5.97 Å². The summed E-state index contributed by atoms with van der Waals surface area (Å²) in [5, 5.41) is 0.247. The fourth-order valence-electron chi connectivity index (χ4n) is 2.04. The second-order valence-corrected chi connectivity index (χ2v) is 4.91. The molecule has 21 heavy (non-hydrogen) atoms. The van der Waals surface area contributed by atoms with E-state index in [1.165, 1.54) is 18.2 Å². The van der Waals surface area contributed by atoms with E-state index in [2.05, 4.69) is 0 Å². The third kappa shape index (κ3) is 2.73. The summed E-state index contributed by atoms with van der Waals surface area (Å²) in [7, 11) is 0. The largest absolute Gasteiger partial charge is 0.422 e. The average Bonchev–Trinajstić information content (AvgIpc) is 2.85. The Balaban J connectivity index is 2.01. The van der Waals surface area contributed by atoms with Crippen molar-refractivity contribution in [3.05, 3.63) is 82.1 Å². The first-order valence-corrected chi connectivity index (χ1v) is 6.68. The number of cyclic esters (lactones) is 1. The van der Waals surface area contributed by atoms with Crippen molar-refractivity contribution in [2.75, 3.05) is 0 Å². The zero-order chi connectivity index (χ0) is 14.8. The molecular weight excluding hydrogens is 291 g/mol. The molecule has 104 valence electrons. The maximum atomic E-state index is 13.7. The van der Waals surface area contributed by atoms with E-state index in [4.69, 9.17) is 16.3 Å². The van der Waals surface area contributed by atoms with E-state index >= 15 is 0 Å². The Hall–Kier alpha value is -2.39. The molecule has 0 aliphatic carbocycles.